The second-order valence-electron chi connectivity index (χ2n) is 11.3. The van der Waals surface area contributed by atoms with Crippen molar-refractivity contribution in [1.82, 2.24) is 19.4 Å². The fourth-order valence-corrected chi connectivity index (χ4v) is 6.01. The molecule has 0 bridgehead atoms. The molecule has 1 N–H and O–H groups in total. The van der Waals surface area contributed by atoms with E-state index in [1.807, 2.05) is 0 Å². The van der Waals surface area contributed by atoms with E-state index in [2.05, 4.69) is 15.3 Å². The third-order valence-corrected chi connectivity index (χ3v) is 8.42. The molecule has 2 unspecified atom stereocenters. The number of fused-ring (bicyclic) bond motifs is 1. The van der Waals surface area contributed by atoms with Crippen molar-refractivity contribution in [3.63, 3.8) is 0 Å². The SMILES string of the molecule is CC(=O)c1cn(CC(=O)N2CC(F)CC2C(=O)Nc2cccc(-c3cc(F)c(F)cc3Cl)c2F)c2ccc(-c3cnc(C)nc3)cc12. The number of nitrogens with zero attached hydrogens (tertiary/aromatic N) is 4. The van der Waals surface area contributed by atoms with Gasteiger partial charge in [-0.1, -0.05) is 29.8 Å². The van der Waals surface area contributed by atoms with Crippen LogP contribution in [0.15, 0.2) is 67.1 Å². The number of likely N-dealkylation sites (tertiary alicyclic amines) is 1. The van der Waals surface area contributed by atoms with Crippen LogP contribution in [0.25, 0.3) is 33.2 Å². The highest BCUT2D eigenvalue weighted by Crippen LogP contribution is 2.35. The van der Waals surface area contributed by atoms with Crippen LogP contribution in [-0.4, -0.2) is 55.8 Å². The van der Waals surface area contributed by atoms with Crippen LogP contribution in [0.2, 0.25) is 5.02 Å². The number of rotatable bonds is 7. The van der Waals surface area contributed by atoms with E-state index in [1.54, 1.807) is 48.3 Å². The van der Waals surface area contributed by atoms with Gasteiger partial charge in [-0.3, -0.25) is 14.4 Å². The van der Waals surface area contributed by atoms with E-state index in [4.69, 9.17) is 11.6 Å². The molecule has 1 fully saturated rings. The molecule has 2 aromatic heterocycles. The van der Waals surface area contributed by atoms with Crippen molar-refractivity contribution < 1.29 is 31.9 Å². The van der Waals surface area contributed by atoms with Crippen LogP contribution in [0.5, 0.6) is 0 Å². The van der Waals surface area contributed by atoms with E-state index in [-0.39, 0.29) is 47.1 Å². The molecule has 3 heterocycles. The average Bonchev–Trinajstić information content (AvgIpc) is 3.61. The molecule has 2 atom stereocenters. The fraction of sp³-hybridized carbons (Fsp3) is 0.206. The number of Topliss-reactive ketones (excluding diaryl/α,β-unsaturated/α-hetero) is 1. The summed E-state index contributed by atoms with van der Waals surface area (Å²) in [5.74, 6) is -4.46. The largest absolute Gasteiger partial charge is 0.337 e. The molecule has 0 aliphatic carbocycles. The number of halogens is 5. The molecular weight excluding hydrogens is 638 g/mol. The van der Waals surface area contributed by atoms with Crippen LogP contribution in [0, 0.1) is 24.4 Å². The van der Waals surface area contributed by atoms with Crippen LogP contribution < -0.4 is 5.32 Å². The van der Waals surface area contributed by atoms with Gasteiger partial charge >= 0.3 is 0 Å². The van der Waals surface area contributed by atoms with E-state index in [0.29, 0.717) is 28.4 Å². The maximum absolute atomic E-state index is 15.5. The fourth-order valence-electron chi connectivity index (χ4n) is 5.76. The Kier molecular flexibility index (Phi) is 8.54. The molecule has 1 aliphatic heterocycles. The summed E-state index contributed by atoms with van der Waals surface area (Å²) in [4.78, 5) is 49.0. The number of aromatic nitrogens is 3. The van der Waals surface area contributed by atoms with Crippen molar-refractivity contribution in [2.24, 2.45) is 0 Å². The summed E-state index contributed by atoms with van der Waals surface area (Å²) in [7, 11) is 0. The summed E-state index contributed by atoms with van der Waals surface area (Å²) in [5, 5.41) is 2.75. The molecule has 47 heavy (non-hydrogen) atoms. The number of aryl methyl sites for hydroxylation is 1. The molecular formula is C34H26ClF4N5O3. The quantitative estimate of drug-likeness (QED) is 0.116. The zero-order chi connectivity index (χ0) is 33.6. The number of amides is 2. The Hall–Kier alpha value is -5.10. The van der Waals surface area contributed by atoms with E-state index >= 15 is 4.39 Å². The van der Waals surface area contributed by atoms with Gasteiger partial charge in [-0.15, -0.1) is 0 Å². The van der Waals surface area contributed by atoms with E-state index < -0.39 is 41.5 Å². The maximum Gasteiger partial charge on any atom is 0.247 e. The molecule has 2 amide bonds. The lowest BCUT2D eigenvalue weighted by Crippen LogP contribution is -2.44. The van der Waals surface area contributed by atoms with Crippen molar-refractivity contribution in [3.05, 3.63) is 101 Å². The van der Waals surface area contributed by atoms with Gasteiger partial charge in [0.1, 0.15) is 24.6 Å². The van der Waals surface area contributed by atoms with Gasteiger partial charge in [0, 0.05) is 58.2 Å². The van der Waals surface area contributed by atoms with Crippen molar-refractivity contribution in [1.29, 1.82) is 0 Å². The van der Waals surface area contributed by atoms with Gasteiger partial charge in [0.05, 0.1) is 17.3 Å². The Balaban J connectivity index is 1.25. The van der Waals surface area contributed by atoms with Crippen LogP contribution in [0.3, 0.4) is 0 Å². The van der Waals surface area contributed by atoms with Gasteiger partial charge in [-0.05, 0) is 49.7 Å². The minimum atomic E-state index is -1.51. The van der Waals surface area contributed by atoms with Gasteiger partial charge in [0.25, 0.3) is 0 Å². The topological polar surface area (TPSA) is 97.2 Å². The molecule has 240 valence electrons. The van der Waals surface area contributed by atoms with Crippen LogP contribution in [0.1, 0.15) is 29.5 Å². The highest BCUT2D eigenvalue weighted by molar-refractivity contribution is 6.33. The first kappa shape index (κ1) is 31.9. The zero-order valence-electron chi connectivity index (χ0n) is 25.0. The minimum absolute atomic E-state index is 0.135. The first-order chi connectivity index (χ1) is 22.4. The van der Waals surface area contributed by atoms with Crippen LogP contribution in [0.4, 0.5) is 23.2 Å². The monoisotopic (exact) mass is 663 g/mol. The summed E-state index contributed by atoms with van der Waals surface area (Å²) in [6.45, 7) is 2.51. The van der Waals surface area contributed by atoms with E-state index in [0.717, 1.165) is 22.1 Å². The number of carbonyl (C=O) groups excluding carboxylic acids is 3. The number of anilines is 1. The third-order valence-electron chi connectivity index (χ3n) is 8.11. The van der Waals surface area contributed by atoms with Crippen molar-refractivity contribution >= 4 is 45.8 Å². The van der Waals surface area contributed by atoms with Gasteiger partial charge in [0.15, 0.2) is 23.2 Å². The maximum atomic E-state index is 15.5. The lowest BCUT2D eigenvalue weighted by Gasteiger charge is -2.24. The van der Waals surface area contributed by atoms with Gasteiger partial charge in [-0.2, -0.15) is 0 Å². The minimum Gasteiger partial charge on any atom is -0.337 e. The average molecular weight is 664 g/mol. The number of hydrogen-bond donors (Lipinski definition) is 1. The number of carbonyl (C=O) groups is 3. The molecule has 0 spiro atoms. The van der Waals surface area contributed by atoms with E-state index in [9.17, 15) is 27.6 Å². The number of alkyl halides is 1. The standard InChI is InChI=1S/C34H26ClF4N5O3/c1-17(45)25-15-43(30-7-6-19(8-24(25)30)20-12-40-18(2)41-13-20)16-32(46)44-14-21(36)9-31(44)34(47)42-29-5-3-4-22(33(29)39)23-10-27(37)28(38)11-26(23)35/h3-8,10-13,15,21,31H,9,14,16H2,1-2H3,(H,42,47). The molecule has 5 aromatic rings. The molecule has 1 aliphatic rings. The Morgan fingerprint density at radius 3 is 2.43 bits per heavy atom. The van der Waals surface area contributed by atoms with Crippen molar-refractivity contribution in [2.45, 2.75) is 39.0 Å². The molecule has 8 nitrogen and oxygen atoms in total. The summed E-state index contributed by atoms with van der Waals surface area (Å²) in [5.41, 5.74) is 1.80. The first-order valence-corrected chi connectivity index (χ1v) is 14.9. The molecule has 3 aromatic carbocycles. The molecule has 1 saturated heterocycles. The number of benzene rings is 3. The summed E-state index contributed by atoms with van der Waals surface area (Å²) in [6.07, 6.45) is 3.05. The second-order valence-corrected chi connectivity index (χ2v) is 11.7. The Bertz CT molecular complexity index is 2070. The molecule has 6 rings (SSSR count). The molecule has 0 saturated carbocycles. The third kappa shape index (κ3) is 6.20. The Labute approximate surface area is 271 Å². The van der Waals surface area contributed by atoms with Crippen molar-refractivity contribution in [3.8, 4) is 22.3 Å². The van der Waals surface area contributed by atoms with Gasteiger partial charge < -0.3 is 14.8 Å². The highest BCUT2D eigenvalue weighted by atomic mass is 35.5. The molecule has 0 radical (unpaired) electrons. The second kappa shape index (κ2) is 12.6. The highest BCUT2D eigenvalue weighted by Gasteiger charge is 2.40. The summed E-state index contributed by atoms with van der Waals surface area (Å²) in [6, 6.07) is 9.45. The summed E-state index contributed by atoms with van der Waals surface area (Å²) < 4.78 is 59.3. The van der Waals surface area contributed by atoms with Gasteiger partial charge in [0.2, 0.25) is 11.8 Å². The number of ketones is 1. The van der Waals surface area contributed by atoms with Gasteiger partial charge in [-0.25, -0.2) is 27.5 Å². The predicted octanol–water partition coefficient (Wildman–Crippen LogP) is 6.92. The Morgan fingerprint density at radius 1 is 0.979 bits per heavy atom. The Morgan fingerprint density at radius 2 is 1.70 bits per heavy atom. The summed E-state index contributed by atoms with van der Waals surface area (Å²) >= 11 is 6.03. The normalized spacial score (nSPS) is 16.1. The van der Waals surface area contributed by atoms with Crippen molar-refractivity contribution in [2.75, 3.05) is 11.9 Å². The predicted molar refractivity (Wildman–Crippen MR) is 168 cm³/mol. The smallest absolute Gasteiger partial charge is 0.247 e. The zero-order valence-corrected chi connectivity index (χ0v) is 25.8. The lowest BCUT2D eigenvalue weighted by atomic mass is 10.0. The van der Waals surface area contributed by atoms with Crippen LogP contribution in [-0.2, 0) is 16.1 Å². The number of hydrogen-bond acceptors (Lipinski definition) is 5. The first-order valence-electron chi connectivity index (χ1n) is 14.5. The molecule has 13 heteroatoms. The lowest BCUT2D eigenvalue weighted by molar-refractivity contribution is -0.137. The van der Waals surface area contributed by atoms with E-state index in [1.165, 1.54) is 25.1 Å². The number of nitrogens with one attached hydrogen (secondary N) is 1. The van der Waals surface area contributed by atoms with Crippen LogP contribution >= 0.6 is 11.6 Å².